The summed E-state index contributed by atoms with van der Waals surface area (Å²) in [5.74, 6) is -0.320. The van der Waals surface area contributed by atoms with Gasteiger partial charge in [-0.1, -0.05) is 54.1 Å². The zero-order valence-electron chi connectivity index (χ0n) is 13.7. The number of benzene rings is 2. The van der Waals surface area contributed by atoms with Gasteiger partial charge in [-0.3, -0.25) is 4.79 Å². The molecule has 2 N–H and O–H groups in total. The molecule has 0 aromatic heterocycles. The SMILES string of the molecule is N=C/C(C(=O)N1CCC(c2ccccc2)C1)=C(\O)c1ccccc1Cl. The fourth-order valence-corrected chi connectivity index (χ4v) is 3.37. The van der Waals surface area contributed by atoms with Crippen LogP contribution in [0.15, 0.2) is 60.2 Å². The van der Waals surface area contributed by atoms with Crippen molar-refractivity contribution in [2.75, 3.05) is 13.1 Å². The highest BCUT2D eigenvalue weighted by Crippen LogP contribution is 2.29. The maximum atomic E-state index is 12.8. The number of nitrogens with one attached hydrogen (secondary N) is 1. The van der Waals surface area contributed by atoms with Crippen LogP contribution >= 0.6 is 11.6 Å². The minimum atomic E-state index is -0.342. The molecular formula is C20H19ClN2O2. The Morgan fingerprint density at radius 1 is 1.16 bits per heavy atom. The van der Waals surface area contributed by atoms with Gasteiger partial charge < -0.3 is 15.4 Å². The molecule has 1 aliphatic rings. The summed E-state index contributed by atoms with van der Waals surface area (Å²) in [7, 11) is 0. The highest BCUT2D eigenvalue weighted by molar-refractivity contribution is 6.32. The molecule has 25 heavy (non-hydrogen) atoms. The van der Waals surface area contributed by atoms with Gasteiger partial charge in [0.05, 0.1) is 10.6 Å². The van der Waals surface area contributed by atoms with Crippen molar-refractivity contribution in [3.8, 4) is 0 Å². The van der Waals surface area contributed by atoms with E-state index in [4.69, 9.17) is 17.0 Å². The zero-order chi connectivity index (χ0) is 17.8. The van der Waals surface area contributed by atoms with Gasteiger partial charge in [-0.25, -0.2) is 0 Å². The molecule has 4 nitrogen and oxygen atoms in total. The van der Waals surface area contributed by atoms with E-state index in [2.05, 4.69) is 12.1 Å². The molecule has 1 aliphatic heterocycles. The highest BCUT2D eigenvalue weighted by atomic mass is 35.5. The summed E-state index contributed by atoms with van der Waals surface area (Å²) in [6.07, 6.45) is 1.77. The van der Waals surface area contributed by atoms with Gasteiger partial charge in [-0.15, -0.1) is 0 Å². The van der Waals surface area contributed by atoms with Crippen molar-refractivity contribution in [3.05, 3.63) is 76.3 Å². The number of likely N-dealkylation sites (tertiary alicyclic amines) is 1. The molecule has 2 aromatic carbocycles. The normalized spacial score (nSPS) is 18.0. The largest absolute Gasteiger partial charge is 0.506 e. The van der Waals surface area contributed by atoms with Gasteiger partial charge in [0.25, 0.3) is 5.91 Å². The molecule has 1 fully saturated rings. The van der Waals surface area contributed by atoms with E-state index < -0.39 is 0 Å². The molecule has 0 aliphatic carbocycles. The monoisotopic (exact) mass is 354 g/mol. The summed E-state index contributed by atoms with van der Waals surface area (Å²) in [6.45, 7) is 1.18. The quantitative estimate of drug-likeness (QED) is 0.489. The molecule has 5 heteroatoms. The Bertz CT molecular complexity index is 817. The number of aliphatic hydroxyl groups excluding tert-OH is 1. The predicted octanol–water partition coefficient (Wildman–Crippen LogP) is 4.27. The Morgan fingerprint density at radius 2 is 1.84 bits per heavy atom. The topological polar surface area (TPSA) is 64.4 Å². The van der Waals surface area contributed by atoms with Gasteiger partial charge in [-0.2, -0.15) is 0 Å². The molecule has 0 saturated carbocycles. The lowest BCUT2D eigenvalue weighted by Crippen LogP contribution is -2.30. The van der Waals surface area contributed by atoms with Gasteiger partial charge in [0.1, 0.15) is 5.76 Å². The van der Waals surface area contributed by atoms with Gasteiger partial charge in [-0.05, 0) is 24.1 Å². The molecule has 1 unspecified atom stereocenters. The molecule has 0 radical (unpaired) electrons. The molecule has 3 rings (SSSR count). The van der Waals surface area contributed by atoms with Crippen LogP contribution in [-0.2, 0) is 4.79 Å². The molecule has 1 saturated heterocycles. The summed E-state index contributed by atoms with van der Waals surface area (Å²) in [4.78, 5) is 14.5. The van der Waals surface area contributed by atoms with Crippen LogP contribution in [0.3, 0.4) is 0 Å². The van der Waals surface area contributed by atoms with E-state index >= 15 is 0 Å². The predicted molar refractivity (Wildman–Crippen MR) is 100 cm³/mol. The summed E-state index contributed by atoms with van der Waals surface area (Å²) < 4.78 is 0. The van der Waals surface area contributed by atoms with Crippen molar-refractivity contribution in [3.63, 3.8) is 0 Å². The number of amides is 1. The van der Waals surface area contributed by atoms with E-state index in [1.807, 2.05) is 18.2 Å². The smallest absolute Gasteiger partial charge is 0.259 e. The number of aliphatic hydroxyl groups is 1. The first-order chi connectivity index (χ1) is 12.1. The Morgan fingerprint density at radius 3 is 2.52 bits per heavy atom. The van der Waals surface area contributed by atoms with Crippen molar-refractivity contribution < 1.29 is 9.90 Å². The fraction of sp³-hybridized carbons (Fsp3) is 0.200. The maximum absolute atomic E-state index is 12.8. The molecule has 0 bridgehead atoms. The first-order valence-electron chi connectivity index (χ1n) is 8.14. The lowest BCUT2D eigenvalue weighted by molar-refractivity contribution is -0.125. The third-order valence-corrected chi connectivity index (χ3v) is 4.83. The first-order valence-corrected chi connectivity index (χ1v) is 8.52. The van der Waals surface area contributed by atoms with E-state index in [0.29, 0.717) is 23.7 Å². The number of hydrogen-bond acceptors (Lipinski definition) is 3. The van der Waals surface area contributed by atoms with E-state index in [-0.39, 0.29) is 23.2 Å². The van der Waals surface area contributed by atoms with E-state index in [1.165, 1.54) is 5.56 Å². The Labute approximate surface area is 151 Å². The Balaban J connectivity index is 1.83. The lowest BCUT2D eigenvalue weighted by Gasteiger charge is -2.18. The maximum Gasteiger partial charge on any atom is 0.259 e. The summed E-state index contributed by atoms with van der Waals surface area (Å²) >= 11 is 6.09. The van der Waals surface area contributed by atoms with Crippen molar-refractivity contribution in [2.24, 2.45) is 0 Å². The van der Waals surface area contributed by atoms with Gasteiger partial charge in [0, 0.05) is 30.8 Å². The van der Waals surface area contributed by atoms with Crippen LogP contribution in [0.5, 0.6) is 0 Å². The number of nitrogens with zero attached hydrogens (tertiary/aromatic N) is 1. The van der Waals surface area contributed by atoms with Gasteiger partial charge >= 0.3 is 0 Å². The average molecular weight is 355 g/mol. The number of rotatable bonds is 4. The van der Waals surface area contributed by atoms with Crippen molar-refractivity contribution in [1.29, 1.82) is 5.41 Å². The number of carbonyl (C=O) groups is 1. The Kier molecular flexibility index (Phi) is 5.19. The first kappa shape index (κ1) is 17.2. The van der Waals surface area contributed by atoms with Crippen LogP contribution in [0.1, 0.15) is 23.5 Å². The highest BCUT2D eigenvalue weighted by Gasteiger charge is 2.30. The van der Waals surface area contributed by atoms with Crippen LogP contribution in [0, 0.1) is 5.41 Å². The molecule has 128 valence electrons. The van der Waals surface area contributed by atoms with Crippen LogP contribution < -0.4 is 0 Å². The van der Waals surface area contributed by atoms with Crippen LogP contribution in [0.2, 0.25) is 5.02 Å². The molecular weight excluding hydrogens is 336 g/mol. The number of halogens is 1. The van der Waals surface area contributed by atoms with E-state index in [1.54, 1.807) is 29.2 Å². The van der Waals surface area contributed by atoms with E-state index in [0.717, 1.165) is 12.6 Å². The number of hydrogen-bond donors (Lipinski definition) is 2. The fourth-order valence-electron chi connectivity index (χ4n) is 3.14. The van der Waals surface area contributed by atoms with Crippen LogP contribution in [0.4, 0.5) is 0 Å². The molecule has 1 amide bonds. The minimum Gasteiger partial charge on any atom is -0.506 e. The summed E-state index contributed by atoms with van der Waals surface area (Å²) in [5, 5.41) is 18.4. The summed E-state index contributed by atoms with van der Waals surface area (Å²) in [5.41, 5.74) is 1.52. The van der Waals surface area contributed by atoms with Crippen molar-refractivity contribution in [2.45, 2.75) is 12.3 Å². The van der Waals surface area contributed by atoms with Crippen molar-refractivity contribution >= 4 is 29.5 Å². The Hall–Kier alpha value is -2.59. The zero-order valence-corrected chi connectivity index (χ0v) is 14.4. The second-order valence-electron chi connectivity index (χ2n) is 6.03. The molecule has 2 aromatic rings. The second kappa shape index (κ2) is 7.53. The molecule has 1 heterocycles. The van der Waals surface area contributed by atoms with Crippen molar-refractivity contribution in [1.82, 2.24) is 4.90 Å². The van der Waals surface area contributed by atoms with Crippen LogP contribution in [-0.4, -0.2) is 35.2 Å². The third kappa shape index (κ3) is 3.59. The third-order valence-electron chi connectivity index (χ3n) is 4.51. The lowest BCUT2D eigenvalue weighted by atomic mass is 9.99. The second-order valence-corrected chi connectivity index (χ2v) is 6.44. The average Bonchev–Trinajstić information content (AvgIpc) is 3.13. The number of carbonyl (C=O) groups excluding carboxylic acids is 1. The molecule has 0 spiro atoms. The summed E-state index contributed by atoms with van der Waals surface area (Å²) in [6, 6.07) is 16.8. The van der Waals surface area contributed by atoms with E-state index in [9.17, 15) is 9.90 Å². The van der Waals surface area contributed by atoms with Gasteiger partial charge in [0.2, 0.25) is 0 Å². The van der Waals surface area contributed by atoms with Crippen LogP contribution in [0.25, 0.3) is 5.76 Å². The minimum absolute atomic E-state index is 0.0400. The molecule has 1 atom stereocenters. The van der Waals surface area contributed by atoms with Gasteiger partial charge in [0.15, 0.2) is 0 Å². The standard InChI is InChI=1S/C20H19ClN2O2/c21-18-9-5-4-8-16(18)19(24)17(12-22)20(25)23-11-10-15(13-23)14-6-2-1-3-7-14/h1-9,12,15,22,24H,10-11,13H2/b19-17+,22-12?.